The summed E-state index contributed by atoms with van der Waals surface area (Å²) < 4.78 is 4.33. The fraction of sp³-hybridized carbons (Fsp3) is 0. The smallest absolute Gasteiger partial charge is 0.0935 e. The van der Waals surface area contributed by atoms with Gasteiger partial charge in [-0.3, -0.25) is 0 Å². The van der Waals surface area contributed by atoms with E-state index < -0.39 is 0 Å². The normalized spacial score (nSPS) is 11.4. The van der Waals surface area contributed by atoms with Crippen LogP contribution in [0.5, 0.6) is 0 Å². The lowest BCUT2D eigenvalue weighted by Gasteiger charge is -2.25. The van der Waals surface area contributed by atoms with E-state index in [1.807, 2.05) is 22.9 Å². The van der Waals surface area contributed by atoms with E-state index in [2.05, 4.69) is 149 Å². The molecule has 0 aliphatic rings. The average molecular weight is 527 g/mol. The second kappa shape index (κ2) is 9.54. The van der Waals surface area contributed by atoms with Crippen LogP contribution in [0, 0.1) is 0 Å². The fourth-order valence-electron chi connectivity index (χ4n) is 5.83. The molecule has 0 aliphatic heterocycles. The zero-order valence-electron chi connectivity index (χ0n) is 22.3. The van der Waals surface area contributed by atoms with E-state index in [-0.39, 0.29) is 0 Å². The predicted molar refractivity (Wildman–Crippen MR) is 170 cm³/mol. The van der Waals surface area contributed by atoms with Crippen LogP contribution in [-0.2, 0) is 0 Å². The number of para-hydroxylation sites is 4. The van der Waals surface area contributed by atoms with Crippen molar-refractivity contribution < 1.29 is 0 Å². The van der Waals surface area contributed by atoms with Crippen LogP contribution >= 0.6 is 0 Å². The van der Waals surface area contributed by atoms with Crippen molar-refractivity contribution in [2.45, 2.75) is 0 Å². The first-order valence-corrected chi connectivity index (χ1v) is 13.8. The van der Waals surface area contributed by atoms with E-state index in [1.54, 1.807) is 0 Å². The maximum Gasteiger partial charge on any atom is 0.0935 e. The Kier molecular flexibility index (Phi) is 5.42. The molecule has 0 N–H and O–H groups in total. The van der Waals surface area contributed by atoms with Gasteiger partial charge in [-0.25, -0.2) is 4.68 Å². The van der Waals surface area contributed by atoms with Gasteiger partial charge in [0, 0.05) is 45.1 Å². The maximum absolute atomic E-state index is 4.91. The Morgan fingerprint density at radius 3 is 1.73 bits per heavy atom. The van der Waals surface area contributed by atoms with Crippen molar-refractivity contribution in [2.75, 3.05) is 4.90 Å². The summed E-state index contributed by atoms with van der Waals surface area (Å²) in [6, 6.07) is 53.3. The van der Waals surface area contributed by atoms with Gasteiger partial charge in [0.25, 0.3) is 0 Å². The average Bonchev–Trinajstić information content (AvgIpc) is 3.60. The Bertz CT molecular complexity index is 2090. The van der Waals surface area contributed by atoms with Crippen LogP contribution < -0.4 is 4.90 Å². The lowest BCUT2D eigenvalue weighted by molar-refractivity contribution is 0.897. The first-order chi connectivity index (χ1) is 20.3. The van der Waals surface area contributed by atoms with Crippen LogP contribution in [0.2, 0.25) is 0 Å². The number of benzene rings is 6. The van der Waals surface area contributed by atoms with Crippen LogP contribution in [0.4, 0.5) is 17.1 Å². The Labute approximate surface area is 237 Å². The molecule has 41 heavy (non-hydrogen) atoms. The second-order valence-electron chi connectivity index (χ2n) is 10.2. The summed E-state index contributed by atoms with van der Waals surface area (Å²) >= 11 is 0. The van der Waals surface area contributed by atoms with Gasteiger partial charge in [0.2, 0.25) is 0 Å². The molecule has 194 valence electrons. The minimum Gasteiger partial charge on any atom is -0.311 e. The van der Waals surface area contributed by atoms with Gasteiger partial charge in [-0.1, -0.05) is 72.8 Å². The van der Waals surface area contributed by atoms with E-state index in [0.717, 1.165) is 39.3 Å². The molecule has 2 heterocycles. The first-order valence-electron chi connectivity index (χ1n) is 13.8. The molecule has 8 aromatic rings. The van der Waals surface area contributed by atoms with Gasteiger partial charge in [0.1, 0.15) is 0 Å². The van der Waals surface area contributed by atoms with Crippen molar-refractivity contribution >= 4 is 49.8 Å². The summed E-state index contributed by atoms with van der Waals surface area (Å²) in [5, 5.41) is 8.44. The summed E-state index contributed by atoms with van der Waals surface area (Å²) in [5.41, 5.74) is 8.87. The van der Waals surface area contributed by atoms with E-state index in [4.69, 9.17) is 5.10 Å². The number of rotatable bonds is 5. The van der Waals surface area contributed by atoms with Gasteiger partial charge in [-0.15, -0.1) is 0 Å². The third-order valence-electron chi connectivity index (χ3n) is 7.71. The lowest BCUT2D eigenvalue weighted by Crippen LogP contribution is -2.09. The molecule has 0 fully saturated rings. The van der Waals surface area contributed by atoms with Crippen molar-refractivity contribution in [3.8, 4) is 11.4 Å². The third kappa shape index (κ3) is 3.97. The van der Waals surface area contributed by atoms with E-state index >= 15 is 0 Å². The fourth-order valence-corrected chi connectivity index (χ4v) is 5.83. The van der Waals surface area contributed by atoms with E-state index in [9.17, 15) is 0 Å². The highest BCUT2D eigenvalue weighted by atomic mass is 15.3. The number of nitrogens with zero attached hydrogens (tertiary/aromatic N) is 4. The number of fused-ring (bicyclic) bond motifs is 4. The van der Waals surface area contributed by atoms with Crippen molar-refractivity contribution in [3.05, 3.63) is 158 Å². The van der Waals surface area contributed by atoms with Crippen LogP contribution in [0.3, 0.4) is 0 Å². The van der Waals surface area contributed by atoms with Crippen LogP contribution in [0.25, 0.3) is 44.1 Å². The predicted octanol–water partition coefficient (Wildman–Crippen LogP) is 9.59. The maximum atomic E-state index is 4.91. The molecule has 4 nitrogen and oxygen atoms in total. The molecule has 0 unspecified atom stereocenters. The van der Waals surface area contributed by atoms with Crippen molar-refractivity contribution in [3.63, 3.8) is 0 Å². The zero-order chi connectivity index (χ0) is 27.2. The van der Waals surface area contributed by atoms with Gasteiger partial charge in [-0.2, -0.15) is 5.10 Å². The number of aromatic nitrogens is 3. The molecule has 0 spiro atoms. The molecule has 0 aliphatic carbocycles. The topological polar surface area (TPSA) is 26.0 Å². The van der Waals surface area contributed by atoms with Gasteiger partial charge in [0.15, 0.2) is 0 Å². The largest absolute Gasteiger partial charge is 0.311 e. The standard InChI is InChI=1S/C37H26N4/c1-4-12-28(13-5-1)39-26-27-24-37-34(25-35(27)38-39)33-18-10-11-19-36(33)41(37)32-22-20-31(21-23-32)40(29-14-6-2-7-15-29)30-16-8-3-9-17-30/h1-26H. The third-order valence-corrected chi connectivity index (χ3v) is 7.71. The number of anilines is 3. The van der Waals surface area contributed by atoms with E-state index in [1.165, 1.54) is 21.8 Å². The lowest BCUT2D eigenvalue weighted by atomic mass is 10.1. The molecular formula is C37H26N4. The first kappa shape index (κ1) is 23.3. The Morgan fingerprint density at radius 2 is 1.05 bits per heavy atom. The molecule has 2 aromatic heterocycles. The van der Waals surface area contributed by atoms with Crippen molar-refractivity contribution in [1.29, 1.82) is 0 Å². The van der Waals surface area contributed by atoms with Crippen LogP contribution in [-0.4, -0.2) is 14.3 Å². The SMILES string of the molecule is c1ccc(N(c2ccccc2)c2ccc(-n3c4ccccc4c4cc5nn(-c6ccccc6)cc5cc43)cc2)cc1. The Morgan fingerprint density at radius 1 is 0.463 bits per heavy atom. The molecular weight excluding hydrogens is 500 g/mol. The summed E-state index contributed by atoms with van der Waals surface area (Å²) in [5.74, 6) is 0. The molecule has 0 radical (unpaired) electrons. The van der Waals surface area contributed by atoms with E-state index in [0.29, 0.717) is 0 Å². The van der Waals surface area contributed by atoms with Crippen LogP contribution in [0.1, 0.15) is 0 Å². The molecule has 0 saturated heterocycles. The molecule has 8 rings (SSSR count). The highest BCUT2D eigenvalue weighted by Crippen LogP contribution is 2.37. The summed E-state index contributed by atoms with van der Waals surface area (Å²) in [7, 11) is 0. The van der Waals surface area contributed by atoms with Gasteiger partial charge >= 0.3 is 0 Å². The summed E-state index contributed by atoms with van der Waals surface area (Å²) in [4.78, 5) is 2.29. The number of hydrogen-bond acceptors (Lipinski definition) is 2. The monoisotopic (exact) mass is 526 g/mol. The highest BCUT2D eigenvalue weighted by Gasteiger charge is 2.16. The molecule has 0 bridgehead atoms. The quantitative estimate of drug-likeness (QED) is 0.223. The highest BCUT2D eigenvalue weighted by molar-refractivity contribution is 6.13. The summed E-state index contributed by atoms with van der Waals surface area (Å²) in [6.07, 6.45) is 2.12. The minimum absolute atomic E-state index is 0.987. The molecule has 0 atom stereocenters. The van der Waals surface area contributed by atoms with Crippen molar-refractivity contribution in [2.24, 2.45) is 0 Å². The molecule has 0 saturated carbocycles. The Balaban J connectivity index is 1.28. The van der Waals surface area contributed by atoms with Gasteiger partial charge in [0.05, 0.1) is 22.2 Å². The van der Waals surface area contributed by atoms with Gasteiger partial charge in [-0.05, 0) is 78.9 Å². The molecule has 0 amide bonds. The number of hydrogen-bond donors (Lipinski definition) is 0. The van der Waals surface area contributed by atoms with Crippen LogP contribution in [0.15, 0.2) is 158 Å². The van der Waals surface area contributed by atoms with Gasteiger partial charge < -0.3 is 9.47 Å². The Hall–Kier alpha value is -5.61. The zero-order valence-corrected chi connectivity index (χ0v) is 22.3. The molecule has 6 aromatic carbocycles. The second-order valence-corrected chi connectivity index (χ2v) is 10.2. The minimum atomic E-state index is 0.987. The molecule has 4 heteroatoms. The summed E-state index contributed by atoms with van der Waals surface area (Å²) in [6.45, 7) is 0. The van der Waals surface area contributed by atoms with Crippen molar-refractivity contribution in [1.82, 2.24) is 14.3 Å².